The molecule has 1 amide bonds. The Morgan fingerprint density at radius 2 is 1.63 bits per heavy atom. The van der Waals surface area contributed by atoms with Crippen LogP contribution in [0.1, 0.15) is 22.6 Å². The van der Waals surface area contributed by atoms with E-state index < -0.39 is 5.92 Å². The van der Waals surface area contributed by atoms with Gasteiger partial charge in [-0.15, -0.1) is 0 Å². The van der Waals surface area contributed by atoms with Gasteiger partial charge in [-0.3, -0.25) is 4.79 Å². The van der Waals surface area contributed by atoms with E-state index in [9.17, 15) is 4.79 Å². The van der Waals surface area contributed by atoms with Gasteiger partial charge in [0.25, 0.3) is 0 Å². The number of fused-ring (bicyclic) bond motifs is 2. The highest BCUT2D eigenvalue weighted by Crippen LogP contribution is 2.43. The molecule has 0 atom stereocenters. The van der Waals surface area contributed by atoms with Crippen LogP contribution in [0.25, 0.3) is 0 Å². The van der Waals surface area contributed by atoms with Gasteiger partial charge < -0.3 is 15.0 Å². The molecule has 136 valence electrons. The molecule has 3 aromatic rings. The van der Waals surface area contributed by atoms with Crippen LogP contribution in [0, 0.1) is 0 Å². The van der Waals surface area contributed by atoms with Crippen molar-refractivity contribution >= 4 is 11.7 Å². The number of nitrogens with zero attached hydrogens (tertiary/aromatic N) is 2. The van der Waals surface area contributed by atoms with Gasteiger partial charge in [-0.05, 0) is 18.2 Å². The molecule has 0 fully saturated rings. The second kappa shape index (κ2) is 7.11. The maximum atomic E-state index is 13.2. The van der Waals surface area contributed by atoms with E-state index in [1.165, 1.54) is 0 Å². The summed E-state index contributed by atoms with van der Waals surface area (Å²) in [4.78, 5) is 19.5. The fourth-order valence-electron chi connectivity index (χ4n) is 3.45. The minimum absolute atomic E-state index is 0.0493. The van der Waals surface area contributed by atoms with Gasteiger partial charge in [0.1, 0.15) is 17.3 Å². The van der Waals surface area contributed by atoms with Crippen molar-refractivity contribution < 1.29 is 9.53 Å². The number of amides is 1. The summed E-state index contributed by atoms with van der Waals surface area (Å²) in [6.07, 6.45) is 1.76. The van der Waals surface area contributed by atoms with Crippen LogP contribution in [0.3, 0.4) is 0 Å². The highest BCUT2D eigenvalue weighted by Gasteiger charge is 2.32. The quantitative estimate of drug-likeness (QED) is 0.772. The summed E-state index contributed by atoms with van der Waals surface area (Å²) in [5.41, 5.74) is 2.74. The summed E-state index contributed by atoms with van der Waals surface area (Å²) in [6.45, 7) is 0.419. The maximum Gasteiger partial charge on any atom is 0.232 e. The molecular formula is C22H21N3O2. The number of hydrogen-bond donors (Lipinski definition) is 1. The Labute approximate surface area is 158 Å². The van der Waals surface area contributed by atoms with E-state index >= 15 is 0 Å². The number of para-hydroxylation sites is 2. The third-order valence-corrected chi connectivity index (χ3v) is 4.69. The smallest absolute Gasteiger partial charge is 0.232 e. The predicted octanol–water partition coefficient (Wildman–Crippen LogP) is 3.70. The van der Waals surface area contributed by atoms with Crippen LogP contribution in [0.2, 0.25) is 0 Å². The van der Waals surface area contributed by atoms with Gasteiger partial charge in [-0.25, -0.2) is 4.98 Å². The van der Waals surface area contributed by atoms with E-state index in [0.717, 1.165) is 34.0 Å². The fraction of sp³-hybridized carbons (Fsp3) is 0.182. The normalized spacial score (nSPS) is 12.5. The first-order valence-electron chi connectivity index (χ1n) is 8.90. The standard InChI is InChI=1S/C22H21N3O2/c1-25(2)21-15(8-7-13-23-21)14-24-22(26)20-16-9-3-5-11-18(16)27-19-12-6-4-10-17(19)20/h3-13,20H,14H2,1-2H3,(H,24,26). The molecule has 0 aliphatic carbocycles. The topological polar surface area (TPSA) is 54.5 Å². The van der Waals surface area contributed by atoms with E-state index in [0.29, 0.717) is 6.54 Å². The lowest BCUT2D eigenvalue weighted by atomic mass is 9.87. The number of aromatic nitrogens is 1. The number of benzene rings is 2. The van der Waals surface area contributed by atoms with Crippen molar-refractivity contribution in [2.45, 2.75) is 12.5 Å². The molecule has 0 spiro atoms. The second-order valence-corrected chi connectivity index (χ2v) is 6.71. The number of pyridine rings is 1. The van der Waals surface area contributed by atoms with Crippen molar-refractivity contribution in [3.63, 3.8) is 0 Å². The SMILES string of the molecule is CN(C)c1ncccc1CNC(=O)C1c2ccccc2Oc2ccccc21. The Morgan fingerprint density at radius 1 is 1.00 bits per heavy atom. The van der Waals surface area contributed by atoms with Gasteiger partial charge >= 0.3 is 0 Å². The van der Waals surface area contributed by atoms with Crippen LogP contribution in [0.4, 0.5) is 5.82 Å². The average molecular weight is 359 g/mol. The molecule has 5 heteroatoms. The van der Waals surface area contributed by atoms with Crippen molar-refractivity contribution in [2.75, 3.05) is 19.0 Å². The lowest BCUT2D eigenvalue weighted by Gasteiger charge is -2.27. The monoisotopic (exact) mass is 359 g/mol. The van der Waals surface area contributed by atoms with Gasteiger partial charge in [0.2, 0.25) is 5.91 Å². The van der Waals surface area contributed by atoms with Crippen LogP contribution in [0.15, 0.2) is 66.9 Å². The lowest BCUT2D eigenvalue weighted by Crippen LogP contribution is -2.31. The molecule has 0 bridgehead atoms. The van der Waals surface area contributed by atoms with Crippen molar-refractivity contribution in [1.29, 1.82) is 0 Å². The molecule has 1 aliphatic heterocycles. The number of carbonyl (C=O) groups excluding carboxylic acids is 1. The third kappa shape index (κ3) is 3.24. The Bertz CT molecular complexity index is 939. The Morgan fingerprint density at radius 3 is 2.26 bits per heavy atom. The van der Waals surface area contributed by atoms with Gasteiger partial charge in [0.15, 0.2) is 0 Å². The Balaban J connectivity index is 1.63. The molecule has 27 heavy (non-hydrogen) atoms. The summed E-state index contributed by atoms with van der Waals surface area (Å²) in [6, 6.07) is 19.3. The molecule has 2 aromatic carbocycles. The molecule has 0 unspecified atom stereocenters. The molecule has 5 nitrogen and oxygen atoms in total. The minimum atomic E-state index is -0.398. The number of anilines is 1. The first-order chi connectivity index (χ1) is 13.1. The molecule has 4 rings (SSSR count). The highest BCUT2D eigenvalue weighted by atomic mass is 16.5. The zero-order valence-corrected chi connectivity index (χ0v) is 15.3. The molecule has 0 saturated carbocycles. The lowest BCUT2D eigenvalue weighted by molar-refractivity contribution is -0.122. The van der Waals surface area contributed by atoms with Crippen LogP contribution < -0.4 is 15.0 Å². The molecule has 1 N–H and O–H groups in total. The van der Waals surface area contributed by atoms with E-state index in [2.05, 4.69) is 10.3 Å². The van der Waals surface area contributed by atoms with Crippen molar-refractivity contribution in [1.82, 2.24) is 10.3 Å². The average Bonchev–Trinajstić information content (AvgIpc) is 2.70. The zero-order chi connectivity index (χ0) is 18.8. The summed E-state index contributed by atoms with van der Waals surface area (Å²) in [5, 5.41) is 3.08. The summed E-state index contributed by atoms with van der Waals surface area (Å²) in [7, 11) is 3.89. The number of carbonyl (C=O) groups is 1. The molecule has 1 aliphatic rings. The third-order valence-electron chi connectivity index (χ3n) is 4.69. The van der Waals surface area contributed by atoms with E-state index in [4.69, 9.17) is 4.74 Å². The Hall–Kier alpha value is -3.34. The fourth-order valence-corrected chi connectivity index (χ4v) is 3.45. The van der Waals surface area contributed by atoms with Crippen LogP contribution >= 0.6 is 0 Å². The largest absolute Gasteiger partial charge is 0.457 e. The van der Waals surface area contributed by atoms with E-state index in [-0.39, 0.29) is 5.91 Å². The van der Waals surface area contributed by atoms with Gasteiger partial charge in [-0.1, -0.05) is 42.5 Å². The molecular weight excluding hydrogens is 338 g/mol. The molecule has 0 radical (unpaired) electrons. The minimum Gasteiger partial charge on any atom is -0.457 e. The van der Waals surface area contributed by atoms with Crippen LogP contribution in [-0.4, -0.2) is 25.0 Å². The Kier molecular flexibility index (Phi) is 4.50. The van der Waals surface area contributed by atoms with Crippen molar-refractivity contribution in [3.8, 4) is 11.5 Å². The van der Waals surface area contributed by atoms with Crippen molar-refractivity contribution in [3.05, 3.63) is 83.6 Å². The number of hydrogen-bond acceptors (Lipinski definition) is 4. The molecule has 0 saturated heterocycles. The van der Waals surface area contributed by atoms with Crippen LogP contribution in [-0.2, 0) is 11.3 Å². The number of rotatable bonds is 4. The number of nitrogens with one attached hydrogen (secondary N) is 1. The molecule has 2 heterocycles. The highest BCUT2D eigenvalue weighted by molar-refractivity contribution is 5.89. The predicted molar refractivity (Wildman–Crippen MR) is 105 cm³/mol. The van der Waals surface area contributed by atoms with E-state index in [1.807, 2.05) is 79.7 Å². The van der Waals surface area contributed by atoms with Gasteiger partial charge in [0, 0.05) is 43.5 Å². The van der Waals surface area contributed by atoms with Crippen LogP contribution in [0.5, 0.6) is 11.5 Å². The van der Waals surface area contributed by atoms with Crippen molar-refractivity contribution in [2.24, 2.45) is 0 Å². The van der Waals surface area contributed by atoms with E-state index in [1.54, 1.807) is 6.20 Å². The van der Waals surface area contributed by atoms with Gasteiger partial charge in [-0.2, -0.15) is 0 Å². The summed E-state index contributed by atoms with van der Waals surface area (Å²) in [5.74, 6) is 1.86. The van der Waals surface area contributed by atoms with Gasteiger partial charge in [0.05, 0.1) is 5.92 Å². The number of ether oxygens (including phenoxy) is 1. The zero-order valence-electron chi connectivity index (χ0n) is 15.3. The summed E-state index contributed by atoms with van der Waals surface area (Å²) < 4.78 is 5.97. The first kappa shape index (κ1) is 17.1. The second-order valence-electron chi connectivity index (χ2n) is 6.71. The maximum absolute atomic E-state index is 13.2. The molecule has 1 aromatic heterocycles. The summed E-state index contributed by atoms with van der Waals surface area (Å²) >= 11 is 0. The first-order valence-corrected chi connectivity index (χ1v) is 8.90.